The molecule has 0 fully saturated rings. The standard InChI is InChI=1S/C12H11ClN2O2S/c1-8-10(3-2-4-11(8)15(16)17)14-7-9-5-6-12(13)18-9/h2-6,14H,7H2,1H3. The van der Waals surface area contributed by atoms with Crippen LogP contribution in [0, 0.1) is 17.0 Å². The Hall–Kier alpha value is -1.59. The molecule has 0 radical (unpaired) electrons. The van der Waals surface area contributed by atoms with Crippen molar-refractivity contribution in [2.24, 2.45) is 0 Å². The maximum Gasteiger partial charge on any atom is 0.274 e. The van der Waals surface area contributed by atoms with Crippen LogP contribution in [0.15, 0.2) is 30.3 Å². The van der Waals surface area contributed by atoms with E-state index in [0.717, 1.165) is 14.9 Å². The molecule has 1 N–H and O–H groups in total. The summed E-state index contributed by atoms with van der Waals surface area (Å²) in [6.45, 7) is 2.35. The summed E-state index contributed by atoms with van der Waals surface area (Å²) in [6, 6.07) is 8.78. The zero-order valence-electron chi connectivity index (χ0n) is 9.64. The lowest BCUT2D eigenvalue weighted by molar-refractivity contribution is -0.385. The highest BCUT2D eigenvalue weighted by atomic mass is 35.5. The van der Waals surface area contributed by atoms with Crippen LogP contribution in [0.5, 0.6) is 0 Å². The number of nitrogens with zero attached hydrogens (tertiary/aromatic N) is 1. The molecule has 0 bridgehead atoms. The van der Waals surface area contributed by atoms with E-state index in [0.29, 0.717) is 12.1 Å². The van der Waals surface area contributed by atoms with Crippen molar-refractivity contribution in [1.82, 2.24) is 0 Å². The average molecular weight is 283 g/mol. The SMILES string of the molecule is Cc1c(NCc2ccc(Cl)s2)cccc1[N+](=O)[O-]. The molecule has 0 unspecified atom stereocenters. The second kappa shape index (κ2) is 5.37. The van der Waals surface area contributed by atoms with Crippen molar-refractivity contribution in [2.45, 2.75) is 13.5 Å². The zero-order chi connectivity index (χ0) is 13.1. The lowest BCUT2D eigenvalue weighted by Gasteiger charge is -2.08. The Morgan fingerprint density at radius 2 is 2.17 bits per heavy atom. The van der Waals surface area contributed by atoms with Crippen LogP contribution < -0.4 is 5.32 Å². The fourth-order valence-electron chi connectivity index (χ4n) is 1.64. The van der Waals surface area contributed by atoms with E-state index < -0.39 is 0 Å². The third kappa shape index (κ3) is 2.80. The molecule has 0 saturated carbocycles. The third-order valence-electron chi connectivity index (χ3n) is 2.58. The molecular weight excluding hydrogens is 272 g/mol. The van der Waals surface area contributed by atoms with E-state index in [1.54, 1.807) is 13.0 Å². The molecule has 6 heteroatoms. The van der Waals surface area contributed by atoms with Gasteiger partial charge >= 0.3 is 0 Å². The van der Waals surface area contributed by atoms with E-state index >= 15 is 0 Å². The highest BCUT2D eigenvalue weighted by Crippen LogP contribution is 2.27. The van der Waals surface area contributed by atoms with Gasteiger partial charge in [0.15, 0.2) is 0 Å². The Balaban J connectivity index is 2.14. The molecule has 1 aromatic carbocycles. The second-order valence-corrected chi connectivity index (χ2v) is 5.57. The van der Waals surface area contributed by atoms with Crippen molar-refractivity contribution >= 4 is 34.3 Å². The van der Waals surface area contributed by atoms with Gasteiger partial charge in [-0.25, -0.2) is 0 Å². The van der Waals surface area contributed by atoms with Gasteiger partial charge in [0.05, 0.1) is 9.26 Å². The normalized spacial score (nSPS) is 10.3. The lowest BCUT2D eigenvalue weighted by Crippen LogP contribution is -2.01. The maximum absolute atomic E-state index is 10.8. The number of nitro groups is 1. The van der Waals surface area contributed by atoms with Gasteiger partial charge in [-0.15, -0.1) is 11.3 Å². The summed E-state index contributed by atoms with van der Waals surface area (Å²) >= 11 is 7.33. The minimum absolute atomic E-state index is 0.129. The molecule has 1 heterocycles. The molecular formula is C12H11ClN2O2S. The van der Waals surface area contributed by atoms with Crippen molar-refractivity contribution < 1.29 is 4.92 Å². The van der Waals surface area contributed by atoms with E-state index in [1.807, 2.05) is 18.2 Å². The first-order valence-electron chi connectivity index (χ1n) is 5.30. The molecule has 0 atom stereocenters. The van der Waals surface area contributed by atoms with Gasteiger partial charge in [-0.3, -0.25) is 10.1 Å². The molecule has 0 spiro atoms. The minimum Gasteiger partial charge on any atom is -0.380 e. The number of hydrogen-bond donors (Lipinski definition) is 1. The summed E-state index contributed by atoms with van der Waals surface area (Å²) in [5, 5.41) is 14.0. The molecule has 0 aliphatic heterocycles. The van der Waals surface area contributed by atoms with E-state index in [9.17, 15) is 10.1 Å². The van der Waals surface area contributed by atoms with Crippen LogP contribution in [0.4, 0.5) is 11.4 Å². The molecule has 0 aliphatic carbocycles. The van der Waals surface area contributed by atoms with Crippen LogP contribution in [0.1, 0.15) is 10.4 Å². The number of hydrogen-bond acceptors (Lipinski definition) is 4. The predicted octanol–water partition coefficient (Wildman–Crippen LogP) is 4.23. The zero-order valence-corrected chi connectivity index (χ0v) is 11.2. The minimum atomic E-state index is -0.372. The first-order chi connectivity index (χ1) is 8.58. The van der Waals surface area contributed by atoms with Crippen LogP contribution >= 0.6 is 22.9 Å². The van der Waals surface area contributed by atoms with Crippen LogP contribution in [0.2, 0.25) is 4.34 Å². The summed E-state index contributed by atoms with van der Waals surface area (Å²) < 4.78 is 0.738. The van der Waals surface area contributed by atoms with Gasteiger partial charge in [0.2, 0.25) is 0 Å². The smallest absolute Gasteiger partial charge is 0.274 e. The van der Waals surface area contributed by atoms with Gasteiger partial charge in [-0.1, -0.05) is 17.7 Å². The Kier molecular flexibility index (Phi) is 3.84. The largest absolute Gasteiger partial charge is 0.380 e. The molecule has 18 heavy (non-hydrogen) atoms. The van der Waals surface area contributed by atoms with E-state index in [-0.39, 0.29) is 10.6 Å². The van der Waals surface area contributed by atoms with Gasteiger partial charge in [-0.05, 0) is 25.1 Å². The number of benzene rings is 1. The second-order valence-electron chi connectivity index (χ2n) is 3.77. The van der Waals surface area contributed by atoms with Gasteiger partial charge in [0.25, 0.3) is 5.69 Å². The molecule has 0 amide bonds. The summed E-state index contributed by atoms with van der Waals surface area (Å²) in [4.78, 5) is 11.5. The van der Waals surface area contributed by atoms with Crippen LogP contribution in [-0.2, 0) is 6.54 Å². The number of anilines is 1. The van der Waals surface area contributed by atoms with Crippen LogP contribution in [-0.4, -0.2) is 4.92 Å². The van der Waals surface area contributed by atoms with E-state index in [2.05, 4.69) is 5.32 Å². The summed E-state index contributed by atoms with van der Waals surface area (Å²) in [6.07, 6.45) is 0. The van der Waals surface area contributed by atoms with Crippen LogP contribution in [0.25, 0.3) is 0 Å². The van der Waals surface area contributed by atoms with Gasteiger partial charge in [0, 0.05) is 28.7 Å². The number of thiophene rings is 1. The number of rotatable bonds is 4. The number of halogens is 1. The predicted molar refractivity (Wildman–Crippen MR) is 74.5 cm³/mol. The Morgan fingerprint density at radius 3 is 2.78 bits per heavy atom. The quantitative estimate of drug-likeness (QED) is 0.674. The van der Waals surface area contributed by atoms with Gasteiger partial charge in [-0.2, -0.15) is 0 Å². The summed E-state index contributed by atoms with van der Waals surface area (Å²) in [7, 11) is 0. The van der Waals surface area contributed by atoms with Crippen molar-refractivity contribution in [1.29, 1.82) is 0 Å². The topological polar surface area (TPSA) is 55.2 Å². The Bertz CT molecular complexity index is 583. The molecule has 0 saturated heterocycles. The highest BCUT2D eigenvalue weighted by molar-refractivity contribution is 7.16. The monoisotopic (exact) mass is 282 g/mol. The molecule has 94 valence electrons. The summed E-state index contributed by atoms with van der Waals surface area (Å²) in [5.74, 6) is 0. The average Bonchev–Trinajstić information content (AvgIpc) is 2.73. The van der Waals surface area contributed by atoms with Crippen molar-refractivity contribution in [3.05, 3.63) is 55.2 Å². The molecule has 0 aliphatic rings. The Labute approximate surface area is 113 Å². The third-order valence-corrected chi connectivity index (χ3v) is 3.81. The highest BCUT2D eigenvalue weighted by Gasteiger charge is 2.12. The summed E-state index contributed by atoms with van der Waals surface area (Å²) in [5.41, 5.74) is 1.54. The van der Waals surface area contributed by atoms with Crippen molar-refractivity contribution in [2.75, 3.05) is 5.32 Å². The van der Waals surface area contributed by atoms with E-state index in [4.69, 9.17) is 11.6 Å². The molecule has 4 nitrogen and oxygen atoms in total. The molecule has 1 aromatic heterocycles. The first kappa shape index (κ1) is 12.9. The fourth-order valence-corrected chi connectivity index (χ4v) is 2.67. The van der Waals surface area contributed by atoms with Crippen LogP contribution in [0.3, 0.4) is 0 Å². The number of nitrogens with one attached hydrogen (secondary N) is 1. The number of nitro benzene ring substituents is 1. The molecule has 2 rings (SSSR count). The van der Waals surface area contributed by atoms with Crippen molar-refractivity contribution in [3.63, 3.8) is 0 Å². The van der Waals surface area contributed by atoms with Crippen molar-refractivity contribution in [3.8, 4) is 0 Å². The van der Waals surface area contributed by atoms with Gasteiger partial charge in [0.1, 0.15) is 0 Å². The lowest BCUT2D eigenvalue weighted by atomic mass is 10.1. The molecule has 2 aromatic rings. The maximum atomic E-state index is 10.8. The van der Waals surface area contributed by atoms with E-state index in [1.165, 1.54) is 17.4 Å². The van der Waals surface area contributed by atoms with Gasteiger partial charge < -0.3 is 5.32 Å². The fraction of sp³-hybridized carbons (Fsp3) is 0.167. The Morgan fingerprint density at radius 1 is 1.39 bits per heavy atom. The first-order valence-corrected chi connectivity index (χ1v) is 6.49.